The highest BCUT2D eigenvalue weighted by Crippen LogP contribution is 2.35. The topological polar surface area (TPSA) is 89.2 Å². The van der Waals surface area contributed by atoms with Gasteiger partial charge in [-0.2, -0.15) is 4.98 Å². The molecule has 1 saturated heterocycles. The highest BCUT2D eigenvalue weighted by atomic mass is 32.2. The fourth-order valence-electron chi connectivity index (χ4n) is 3.68. The summed E-state index contributed by atoms with van der Waals surface area (Å²) in [5.41, 5.74) is 8.86. The molecule has 6 nitrogen and oxygen atoms in total. The molecule has 26 heavy (non-hydrogen) atoms. The van der Waals surface area contributed by atoms with E-state index < -0.39 is 9.84 Å². The first-order valence-electron chi connectivity index (χ1n) is 8.94. The molecule has 3 rings (SSSR count). The maximum absolute atomic E-state index is 11.8. The average Bonchev–Trinajstić information content (AvgIpc) is 2.78. The van der Waals surface area contributed by atoms with Crippen molar-refractivity contribution in [3.63, 3.8) is 0 Å². The Morgan fingerprint density at radius 1 is 1.12 bits per heavy atom. The van der Waals surface area contributed by atoms with Crippen LogP contribution in [-0.2, 0) is 9.84 Å². The van der Waals surface area contributed by atoms with Gasteiger partial charge in [0.2, 0.25) is 5.95 Å². The molecule has 140 valence electrons. The van der Waals surface area contributed by atoms with Gasteiger partial charge in [0.05, 0.1) is 10.9 Å². The van der Waals surface area contributed by atoms with Crippen LogP contribution in [0.4, 0.5) is 11.8 Å². The summed E-state index contributed by atoms with van der Waals surface area (Å²) in [4.78, 5) is 11.3. The van der Waals surface area contributed by atoms with Gasteiger partial charge in [0.25, 0.3) is 0 Å². The maximum atomic E-state index is 11.8. The Morgan fingerprint density at radius 3 is 2.54 bits per heavy atom. The zero-order valence-electron chi connectivity index (χ0n) is 15.6. The number of nitrogens with zero attached hydrogens (tertiary/aromatic N) is 3. The lowest BCUT2D eigenvalue weighted by Crippen LogP contribution is -2.30. The Morgan fingerprint density at radius 2 is 1.88 bits per heavy atom. The molecule has 0 spiro atoms. The molecule has 2 heterocycles. The average molecular weight is 375 g/mol. The second kappa shape index (κ2) is 7.23. The lowest BCUT2D eigenvalue weighted by atomic mass is 9.96. The van der Waals surface area contributed by atoms with Crippen molar-refractivity contribution in [1.82, 2.24) is 9.97 Å². The molecule has 1 atom stereocenters. The molecule has 0 unspecified atom stereocenters. The molecule has 2 N–H and O–H groups in total. The Hall–Kier alpha value is -2.15. The van der Waals surface area contributed by atoms with Gasteiger partial charge in [-0.15, -0.1) is 0 Å². The first-order chi connectivity index (χ1) is 12.3. The Kier molecular flexibility index (Phi) is 5.18. The van der Waals surface area contributed by atoms with Crippen LogP contribution in [0.15, 0.2) is 29.2 Å². The Bertz CT molecular complexity index is 892. The van der Waals surface area contributed by atoms with E-state index in [1.165, 1.54) is 12.7 Å². The van der Waals surface area contributed by atoms with Crippen LogP contribution in [0.2, 0.25) is 0 Å². The van der Waals surface area contributed by atoms with Crippen LogP contribution < -0.4 is 10.6 Å². The lowest BCUT2D eigenvalue weighted by Gasteiger charge is -2.32. The number of anilines is 2. The van der Waals surface area contributed by atoms with Gasteiger partial charge in [0, 0.05) is 24.6 Å². The molecule has 0 bridgehead atoms. The third-order valence-corrected chi connectivity index (χ3v) is 6.04. The SMILES string of the molecule is Cc1cc(N2CCCCC[C@@H]2c2ccc(S(C)(=O)=O)cc2C)nc(N)n1. The fourth-order valence-corrected chi connectivity index (χ4v) is 4.39. The van der Waals surface area contributed by atoms with Gasteiger partial charge >= 0.3 is 0 Å². The Balaban J connectivity index is 2.05. The summed E-state index contributed by atoms with van der Waals surface area (Å²) >= 11 is 0. The maximum Gasteiger partial charge on any atom is 0.222 e. The summed E-state index contributed by atoms with van der Waals surface area (Å²) in [7, 11) is -3.21. The normalized spacial score (nSPS) is 18.6. The second-order valence-electron chi connectivity index (χ2n) is 7.07. The van der Waals surface area contributed by atoms with Crippen molar-refractivity contribution >= 4 is 21.6 Å². The summed E-state index contributed by atoms with van der Waals surface area (Å²) < 4.78 is 23.7. The second-order valence-corrected chi connectivity index (χ2v) is 9.09. The molecular formula is C19H26N4O2S. The van der Waals surface area contributed by atoms with Crippen molar-refractivity contribution in [3.05, 3.63) is 41.1 Å². The molecule has 0 saturated carbocycles. The minimum Gasteiger partial charge on any atom is -0.368 e. The number of hydrogen-bond acceptors (Lipinski definition) is 6. The third kappa shape index (κ3) is 3.98. The third-order valence-electron chi connectivity index (χ3n) is 4.93. The zero-order valence-corrected chi connectivity index (χ0v) is 16.4. The first kappa shape index (κ1) is 18.6. The van der Waals surface area contributed by atoms with Gasteiger partial charge in [0.1, 0.15) is 5.82 Å². The summed E-state index contributed by atoms with van der Waals surface area (Å²) in [5, 5.41) is 0. The standard InChI is InChI=1S/C19H26N4O2S/c1-13-11-15(26(3,24)25)8-9-16(13)17-7-5-4-6-10-23(17)18-12-14(2)21-19(20)22-18/h8-9,11-12,17H,4-7,10H2,1-3H3,(H2,20,21,22)/t17-/m1/s1. The van der Waals surface area contributed by atoms with Crippen LogP contribution in [0.1, 0.15) is 48.5 Å². The van der Waals surface area contributed by atoms with E-state index >= 15 is 0 Å². The van der Waals surface area contributed by atoms with Crippen LogP contribution in [0.3, 0.4) is 0 Å². The van der Waals surface area contributed by atoms with E-state index in [4.69, 9.17) is 5.73 Å². The predicted octanol–water partition coefficient (Wildman–Crippen LogP) is 3.20. The van der Waals surface area contributed by atoms with E-state index in [0.29, 0.717) is 4.90 Å². The molecule has 1 fully saturated rings. The Labute approximate surface area is 155 Å². The van der Waals surface area contributed by atoms with Crippen LogP contribution in [0.5, 0.6) is 0 Å². The van der Waals surface area contributed by atoms with E-state index in [-0.39, 0.29) is 12.0 Å². The molecule has 1 aromatic carbocycles. The van der Waals surface area contributed by atoms with Crippen molar-refractivity contribution in [2.75, 3.05) is 23.4 Å². The van der Waals surface area contributed by atoms with Crippen molar-refractivity contribution in [2.45, 2.75) is 50.5 Å². The van der Waals surface area contributed by atoms with Gasteiger partial charge in [-0.25, -0.2) is 13.4 Å². The zero-order chi connectivity index (χ0) is 18.9. The van der Waals surface area contributed by atoms with E-state index in [2.05, 4.69) is 14.9 Å². The number of sulfone groups is 1. The number of hydrogen-bond donors (Lipinski definition) is 1. The largest absolute Gasteiger partial charge is 0.368 e. The van der Waals surface area contributed by atoms with E-state index in [0.717, 1.165) is 48.4 Å². The van der Waals surface area contributed by atoms with Crippen molar-refractivity contribution < 1.29 is 8.42 Å². The predicted molar refractivity (Wildman–Crippen MR) is 104 cm³/mol. The quantitative estimate of drug-likeness (QED) is 0.887. The van der Waals surface area contributed by atoms with Crippen LogP contribution in [-0.4, -0.2) is 31.2 Å². The molecule has 1 aliphatic heterocycles. The number of aromatic nitrogens is 2. The molecule has 0 radical (unpaired) electrons. The molecule has 2 aromatic rings. The van der Waals surface area contributed by atoms with Crippen LogP contribution >= 0.6 is 0 Å². The number of nitrogens with two attached hydrogens (primary N) is 1. The number of aryl methyl sites for hydroxylation is 2. The highest BCUT2D eigenvalue weighted by Gasteiger charge is 2.26. The van der Waals surface area contributed by atoms with Crippen molar-refractivity contribution in [2.24, 2.45) is 0 Å². The van der Waals surface area contributed by atoms with Crippen molar-refractivity contribution in [1.29, 1.82) is 0 Å². The minimum atomic E-state index is -3.21. The summed E-state index contributed by atoms with van der Waals surface area (Å²) in [6.07, 6.45) is 5.65. The smallest absolute Gasteiger partial charge is 0.222 e. The van der Waals surface area contributed by atoms with Gasteiger partial charge in [-0.3, -0.25) is 0 Å². The summed E-state index contributed by atoms with van der Waals surface area (Å²) in [6.45, 7) is 4.79. The van der Waals surface area contributed by atoms with Gasteiger partial charge in [-0.1, -0.05) is 18.9 Å². The molecule has 1 aliphatic rings. The number of rotatable bonds is 3. The monoisotopic (exact) mass is 374 g/mol. The minimum absolute atomic E-state index is 0.153. The highest BCUT2D eigenvalue weighted by molar-refractivity contribution is 7.90. The van der Waals surface area contributed by atoms with E-state index in [9.17, 15) is 8.42 Å². The van der Waals surface area contributed by atoms with Gasteiger partial charge in [0.15, 0.2) is 9.84 Å². The summed E-state index contributed by atoms with van der Waals surface area (Å²) in [5.74, 6) is 1.13. The van der Waals surface area contributed by atoms with E-state index in [1.807, 2.05) is 26.0 Å². The van der Waals surface area contributed by atoms with Gasteiger partial charge < -0.3 is 10.6 Å². The van der Waals surface area contributed by atoms with Crippen LogP contribution in [0, 0.1) is 13.8 Å². The lowest BCUT2D eigenvalue weighted by molar-refractivity contribution is 0.591. The number of benzene rings is 1. The van der Waals surface area contributed by atoms with E-state index in [1.54, 1.807) is 12.1 Å². The molecule has 1 aromatic heterocycles. The molecule has 0 aliphatic carbocycles. The number of nitrogen functional groups attached to an aromatic ring is 1. The molecule has 0 amide bonds. The van der Waals surface area contributed by atoms with Crippen LogP contribution in [0.25, 0.3) is 0 Å². The van der Waals surface area contributed by atoms with Crippen molar-refractivity contribution in [3.8, 4) is 0 Å². The fraction of sp³-hybridized carbons (Fsp3) is 0.474. The van der Waals surface area contributed by atoms with Gasteiger partial charge in [-0.05, 0) is 49.9 Å². The molecule has 7 heteroatoms. The molecular weight excluding hydrogens is 348 g/mol. The summed E-state index contributed by atoms with van der Waals surface area (Å²) in [6, 6.07) is 7.55. The first-order valence-corrected chi connectivity index (χ1v) is 10.8.